The fourth-order valence-corrected chi connectivity index (χ4v) is 4.26. The average Bonchev–Trinajstić information content (AvgIpc) is 2.97. The molecule has 4 heteroatoms. The van der Waals surface area contributed by atoms with Crippen LogP contribution in [0.15, 0.2) is 51.5 Å². The number of hydrogen-bond donors (Lipinski definition) is 1. The van der Waals surface area contributed by atoms with Gasteiger partial charge in [0.25, 0.3) is 0 Å². The summed E-state index contributed by atoms with van der Waals surface area (Å²) in [7, 11) is 0. The van der Waals surface area contributed by atoms with Crippen LogP contribution in [-0.2, 0) is 4.79 Å². The lowest BCUT2D eigenvalue weighted by atomic mass is 9.77. The van der Waals surface area contributed by atoms with Gasteiger partial charge in [-0.2, -0.15) is 0 Å². The Bertz CT molecular complexity index is 1040. The van der Waals surface area contributed by atoms with E-state index in [1.54, 1.807) is 12.2 Å². The summed E-state index contributed by atoms with van der Waals surface area (Å²) in [6, 6.07) is 6.32. The van der Waals surface area contributed by atoms with Gasteiger partial charge in [-0.15, -0.1) is 0 Å². The maximum atomic E-state index is 12.3. The molecule has 0 radical (unpaired) electrons. The Kier molecular flexibility index (Phi) is 4.26. The second-order valence-electron chi connectivity index (χ2n) is 8.25. The normalized spacial score (nSPS) is 26.9. The summed E-state index contributed by atoms with van der Waals surface area (Å²) in [5.74, 6) is 0.0747. The molecule has 2 heterocycles. The van der Waals surface area contributed by atoms with Gasteiger partial charge in [-0.25, -0.2) is 0 Å². The smallest absolute Gasteiger partial charge is 0.181 e. The highest BCUT2D eigenvalue weighted by atomic mass is 16.3. The van der Waals surface area contributed by atoms with Crippen LogP contribution in [0.1, 0.15) is 39.2 Å². The van der Waals surface area contributed by atoms with E-state index >= 15 is 0 Å². The molecular weight excluding hydrogens is 336 g/mol. The zero-order valence-electron chi connectivity index (χ0n) is 16.4. The number of ketones is 1. The maximum Gasteiger partial charge on any atom is 0.181 e. The Morgan fingerprint density at radius 3 is 2.81 bits per heavy atom. The summed E-state index contributed by atoms with van der Waals surface area (Å²) in [5, 5.41) is 13.6. The summed E-state index contributed by atoms with van der Waals surface area (Å²) >= 11 is 0. The number of aliphatic imine (C=N–C) groups is 1. The average molecular weight is 362 g/mol. The highest BCUT2D eigenvalue weighted by Crippen LogP contribution is 2.34. The summed E-state index contributed by atoms with van der Waals surface area (Å²) in [4.78, 5) is 21.9. The Balaban J connectivity index is 1.72. The first kappa shape index (κ1) is 18.1. The second kappa shape index (κ2) is 6.38. The third kappa shape index (κ3) is 3.02. The minimum atomic E-state index is -1.17. The van der Waals surface area contributed by atoms with Gasteiger partial charge >= 0.3 is 0 Å². The molecule has 0 saturated carbocycles. The van der Waals surface area contributed by atoms with Crippen LogP contribution < -0.4 is 10.6 Å². The maximum absolute atomic E-state index is 12.3. The number of allylic oxidation sites excluding steroid dienone is 2. The summed E-state index contributed by atoms with van der Waals surface area (Å²) < 4.78 is 0. The van der Waals surface area contributed by atoms with Crippen LogP contribution in [-0.4, -0.2) is 34.8 Å². The number of benzene rings is 1. The number of hydrogen-bond acceptors (Lipinski definition) is 4. The molecule has 1 N–H and O–H groups in total. The lowest BCUT2D eigenvalue weighted by Gasteiger charge is -2.33. The van der Waals surface area contributed by atoms with Crippen LogP contribution >= 0.6 is 0 Å². The van der Waals surface area contributed by atoms with Crippen molar-refractivity contribution in [3.05, 3.63) is 57.6 Å². The van der Waals surface area contributed by atoms with Gasteiger partial charge in [0.15, 0.2) is 5.78 Å². The van der Waals surface area contributed by atoms with Crippen molar-refractivity contribution in [3.8, 4) is 0 Å². The molecule has 27 heavy (non-hydrogen) atoms. The van der Waals surface area contributed by atoms with Crippen molar-refractivity contribution in [3.63, 3.8) is 0 Å². The van der Waals surface area contributed by atoms with Crippen molar-refractivity contribution < 1.29 is 9.90 Å². The van der Waals surface area contributed by atoms with Crippen LogP contribution in [0.3, 0.4) is 0 Å². The van der Waals surface area contributed by atoms with Crippen LogP contribution in [0.4, 0.5) is 0 Å². The number of rotatable bonds is 3. The van der Waals surface area contributed by atoms with Gasteiger partial charge in [0, 0.05) is 29.5 Å². The Hall–Kier alpha value is -2.33. The van der Waals surface area contributed by atoms with E-state index in [9.17, 15) is 9.90 Å². The minimum Gasteiger partial charge on any atom is -0.381 e. The van der Waals surface area contributed by atoms with Gasteiger partial charge in [-0.1, -0.05) is 26.0 Å². The van der Waals surface area contributed by atoms with E-state index in [4.69, 9.17) is 9.98 Å². The van der Waals surface area contributed by atoms with E-state index in [1.807, 2.05) is 20.8 Å². The Labute approximate surface area is 159 Å². The predicted octanol–water partition coefficient (Wildman–Crippen LogP) is 2.22. The minimum absolute atomic E-state index is 0.00144. The van der Waals surface area contributed by atoms with Crippen molar-refractivity contribution >= 4 is 17.1 Å². The SMILES string of the molecule is CC1=CC(=O)C(C(C)C)=CC1(O)CC1=NCCC2=c3ccc(C)cc3=NC12. The zero-order valence-corrected chi connectivity index (χ0v) is 16.4. The molecule has 2 unspecified atom stereocenters. The third-order valence-corrected chi connectivity index (χ3v) is 5.89. The third-order valence-electron chi connectivity index (χ3n) is 5.89. The monoisotopic (exact) mass is 362 g/mol. The molecule has 140 valence electrons. The molecule has 2 aliphatic heterocycles. The zero-order chi connectivity index (χ0) is 19.3. The predicted molar refractivity (Wildman–Crippen MR) is 107 cm³/mol. The molecule has 0 amide bonds. The van der Waals surface area contributed by atoms with E-state index < -0.39 is 5.60 Å². The Morgan fingerprint density at radius 2 is 2.07 bits per heavy atom. The van der Waals surface area contributed by atoms with Crippen LogP contribution in [0.25, 0.3) is 5.57 Å². The first-order valence-electron chi connectivity index (χ1n) is 9.67. The van der Waals surface area contributed by atoms with Crippen molar-refractivity contribution in [2.45, 2.75) is 52.2 Å². The van der Waals surface area contributed by atoms with Gasteiger partial charge in [0.1, 0.15) is 11.6 Å². The van der Waals surface area contributed by atoms with Crippen molar-refractivity contribution in [1.29, 1.82) is 0 Å². The van der Waals surface area contributed by atoms with E-state index in [0.717, 1.165) is 24.0 Å². The lowest BCUT2D eigenvalue weighted by Crippen LogP contribution is -2.39. The molecule has 1 aromatic rings. The fraction of sp³-hybridized carbons (Fsp3) is 0.435. The second-order valence-corrected chi connectivity index (χ2v) is 8.25. The number of fused-ring (bicyclic) bond motifs is 2. The van der Waals surface area contributed by atoms with E-state index in [1.165, 1.54) is 16.4 Å². The van der Waals surface area contributed by atoms with Gasteiger partial charge < -0.3 is 5.11 Å². The molecule has 0 spiro atoms. The standard InChI is InChI=1S/C23H26N2O2/c1-13(2)18-11-23(27,15(4)10-21(18)26)12-20-22-17(7-8-24-20)16-6-5-14(3)9-19(16)25-22/h5-6,9-11,13,22,27H,7-8,12H2,1-4H3. The summed E-state index contributed by atoms with van der Waals surface area (Å²) in [6.07, 6.45) is 4.61. The van der Waals surface area contributed by atoms with Gasteiger partial charge in [0.2, 0.25) is 0 Å². The molecule has 1 aliphatic carbocycles. The Morgan fingerprint density at radius 1 is 1.30 bits per heavy atom. The molecule has 2 atom stereocenters. The van der Waals surface area contributed by atoms with Crippen molar-refractivity contribution in [2.24, 2.45) is 15.9 Å². The quantitative estimate of drug-likeness (QED) is 0.896. The van der Waals surface area contributed by atoms with E-state index in [0.29, 0.717) is 17.6 Å². The van der Waals surface area contributed by atoms with E-state index in [-0.39, 0.29) is 17.7 Å². The molecule has 4 rings (SSSR count). The number of nitrogens with zero attached hydrogens (tertiary/aromatic N) is 2. The highest BCUT2D eigenvalue weighted by molar-refractivity contribution is 6.07. The van der Waals surface area contributed by atoms with Gasteiger partial charge in [-0.05, 0) is 61.1 Å². The molecule has 4 nitrogen and oxygen atoms in total. The molecule has 0 saturated heterocycles. The number of carbonyl (C=O) groups excluding carboxylic acids is 1. The molecule has 3 aliphatic rings. The fourth-order valence-electron chi connectivity index (χ4n) is 4.26. The molecule has 0 bridgehead atoms. The first-order valence-corrected chi connectivity index (χ1v) is 9.67. The molecular formula is C23H26N2O2. The lowest BCUT2D eigenvalue weighted by molar-refractivity contribution is -0.112. The van der Waals surface area contributed by atoms with Crippen LogP contribution in [0, 0.1) is 12.8 Å². The van der Waals surface area contributed by atoms with Gasteiger partial charge in [-0.3, -0.25) is 14.8 Å². The van der Waals surface area contributed by atoms with E-state index in [2.05, 4.69) is 25.1 Å². The largest absolute Gasteiger partial charge is 0.381 e. The number of carbonyl (C=O) groups is 1. The van der Waals surface area contributed by atoms with Crippen LogP contribution in [0.5, 0.6) is 0 Å². The number of aryl methyl sites for hydroxylation is 1. The molecule has 0 fully saturated rings. The number of aliphatic hydroxyl groups is 1. The first-order chi connectivity index (χ1) is 12.8. The van der Waals surface area contributed by atoms with Crippen LogP contribution in [0.2, 0.25) is 0 Å². The molecule has 1 aromatic carbocycles. The summed E-state index contributed by atoms with van der Waals surface area (Å²) in [5.41, 5.74) is 3.59. The summed E-state index contributed by atoms with van der Waals surface area (Å²) in [6.45, 7) is 8.58. The molecule has 0 aromatic heterocycles. The highest BCUT2D eigenvalue weighted by Gasteiger charge is 2.38. The van der Waals surface area contributed by atoms with Gasteiger partial charge in [0.05, 0.1) is 5.36 Å². The topological polar surface area (TPSA) is 62.0 Å². The van der Waals surface area contributed by atoms with Crippen molar-refractivity contribution in [1.82, 2.24) is 0 Å². The van der Waals surface area contributed by atoms with Crippen molar-refractivity contribution in [2.75, 3.05) is 6.54 Å².